The molecule has 0 saturated heterocycles. The summed E-state index contributed by atoms with van der Waals surface area (Å²) in [6.07, 6.45) is 0.117. The standard InChI is InChI=1S/C20H19NO5/c1-2-25-19(23)17(13-15-9-5-3-6-10-15)21-20(24)26-18(22)14-16-11-7-4-8-12-16/h2-12,17H,1,13-14H2,(H,21,24)/t17-/m0/s1. The van der Waals surface area contributed by atoms with Gasteiger partial charge in [0.1, 0.15) is 6.04 Å². The second-order valence-corrected chi connectivity index (χ2v) is 5.41. The van der Waals surface area contributed by atoms with Crippen molar-refractivity contribution in [3.8, 4) is 0 Å². The van der Waals surface area contributed by atoms with Gasteiger partial charge in [0.2, 0.25) is 0 Å². The molecule has 2 rings (SSSR count). The Hall–Kier alpha value is -3.41. The van der Waals surface area contributed by atoms with Crippen molar-refractivity contribution in [2.45, 2.75) is 18.9 Å². The Morgan fingerprint density at radius 2 is 1.54 bits per heavy atom. The molecule has 0 saturated carbocycles. The number of amides is 1. The highest BCUT2D eigenvalue weighted by atomic mass is 16.6. The van der Waals surface area contributed by atoms with E-state index in [1.807, 2.05) is 36.4 Å². The number of benzene rings is 2. The van der Waals surface area contributed by atoms with Gasteiger partial charge in [-0.15, -0.1) is 0 Å². The Bertz CT molecular complexity index is 758. The van der Waals surface area contributed by atoms with Crippen LogP contribution in [0.1, 0.15) is 11.1 Å². The molecule has 2 aromatic rings. The minimum Gasteiger partial charge on any atom is -0.434 e. The molecule has 134 valence electrons. The molecule has 1 atom stereocenters. The minimum atomic E-state index is -1.01. The summed E-state index contributed by atoms with van der Waals surface area (Å²) in [5.74, 6) is -1.42. The highest BCUT2D eigenvalue weighted by Gasteiger charge is 2.24. The van der Waals surface area contributed by atoms with Crippen LogP contribution in [0.5, 0.6) is 0 Å². The van der Waals surface area contributed by atoms with Crippen LogP contribution in [0.4, 0.5) is 4.79 Å². The van der Waals surface area contributed by atoms with Gasteiger partial charge < -0.3 is 14.8 Å². The summed E-state index contributed by atoms with van der Waals surface area (Å²) < 4.78 is 9.48. The largest absolute Gasteiger partial charge is 0.434 e. The predicted octanol–water partition coefficient (Wildman–Crippen LogP) is 2.78. The van der Waals surface area contributed by atoms with Crippen molar-refractivity contribution in [3.63, 3.8) is 0 Å². The lowest BCUT2D eigenvalue weighted by atomic mass is 10.1. The molecule has 0 spiro atoms. The van der Waals surface area contributed by atoms with Crippen LogP contribution in [0.15, 0.2) is 73.5 Å². The number of hydrogen-bond donors (Lipinski definition) is 1. The average molecular weight is 353 g/mol. The molecular formula is C20H19NO5. The summed E-state index contributed by atoms with van der Waals surface area (Å²) in [6.45, 7) is 3.32. The van der Waals surface area contributed by atoms with E-state index in [0.717, 1.165) is 17.4 Å². The van der Waals surface area contributed by atoms with Crippen LogP contribution in [-0.2, 0) is 31.9 Å². The van der Waals surface area contributed by atoms with E-state index in [9.17, 15) is 14.4 Å². The van der Waals surface area contributed by atoms with Crippen LogP contribution in [0.2, 0.25) is 0 Å². The van der Waals surface area contributed by atoms with Gasteiger partial charge in [-0.25, -0.2) is 9.59 Å². The maximum Gasteiger partial charge on any atom is 0.415 e. The molecule has 0 radical (unpaired) electrons. The van der Waals surface area contributed by atoms with Crippen molar-refractivity contribution in [1.82, 2.24) is 5.32 Å². The lowest BCUT2D eigenvalue weighted by Crippen LogP contribution is -2.43. The number of alkyl carbamates (subject to hydrolysis) is 1. The number of hydrogen-bond acceptors (Lipinski definition) is 5. The maximum absolute atomic E-state index is 12.0. The first-order chi connectivity index (χ1) is 12.6. The third kappa shape index (κ3) is 6.24. The van der Waals surface area contributed by atoms with Crippen LogP contribution >= 0.6 is 0 Å². The molecule has 6 heteroatoms. The zero-order chi connectivity index (χ0) is 18.8. The first-order valence-electron chi connectivity index (χ1n) is 7.99. The smallest absolute Gasteiger partial charge is 0.415 e. The van der Waals surface area contributed by atoms with E-state index in [1.165, 1.54) is 0 Å². The number of esters is 2. The average Bonchev–Trinajstić information content (AvgIpc) is 2.63. The fraction of sp³-hybridized carbons (Fsp3) is 0.150. The normalized spacial score (nSPS) is 11.1. The van der Waals surface area contributed by atoms with Gasteiger partial charge in [0.15, 0.2) is 0 Å². The molecular weight excluding hydrogens is 334 g/mol. The van der Waals surface area contributed by atoms with Crippen molar-refractivity contribution in [2.24, 2.45) is 0 Å². The number of carbonyl (C=O) groups is 3. The molecule has 0 aliphatic rings. The third-order valence-corrected chi connectivity index (χ3v) is 3.46. The van der Waals surface area contributed by atoms with Gasteiger partial charge in [-0.2, -0.15) is 0 Å². The monoisotopic (exact) mass is 353 g/mol. The molecule has 2 aromatic carbocycles. The summed E-state index contributed by atoms with van der Waals surface area (Å²) in [4.78, 5) is 35.8. The lowest BCUT2D eigenvalue weighted by molar-refractivity contribution is -0.142. The summed E-state index contributed by atoms with van der Waals surface area (Å²) in [5.41, 5.74) is 1.53. The molecule has 1 amide bonds. The maximum atomic E-state index is 12.0. The van der Waals surface area contributed by atoms with Gasteiger partial charge in [0, 0.05) is 6.42 Å². The topological polar surface area (TPSA) is 81.7 Å². The molecule has 6 nitrogen and oxygen atoms in total. The van der Waals surface area contributed by atoms with Gasteiger partial charge in [0.25, 0.3) is 0 Å². The molecule has 0 aromatic heterocycles. The highest BCUT2D eigenvalue weighted by Crippen LogP contribution is 2.06. The van der Waals surface area contributed by atoms with E-state index in [1.54, 1.807) is 24.3 Å². The molecule has 0 aliphatic heterocycles. The summed E-state index contributed by atoms with van der Waals surface area (Å²) >= 11 is 0. The van der Waals surface area contributed by atoms with Crippen LogP contribution in [0.3, 0.4) is 0 Å². The van der Waals surface area contributed by atoms with E-state index in [4.69, 9.17) is 9.47 Å². The minimum absolute atomic E-state index is 0.0469. The van der Waals surface area contributed by atoms with Crippen LogP contribution in [0.25, 0.3) is 0 Å². The van der Waals surface area contributed by atoms with Gasteiger partial charge in [-0.1, -0.05) is 67.2 Å². The molecule has 1 N–H and O–H groups in total. The van der Waals surface area contributed by atoms with Crippen molar-refractivity contribution in [2.75, 3.05) is 0 Å². The zero-order valence-corrected chi connectivity index (χ0v) is 14.1. The Labute approximate surface area is 151 Å². The molecule has 0 unspecified atom stereocenters. The Morgan fingerprint density at radius 1 is 0.962 bits per heavy atom. The fourth-order valence-electron chi connectivity index (χ4n) is 2.28. The van der Waals surface area contributed by atoms with Crippen molar-refractivity contribution in [3.05, 3.63) is 84.6 Å². The SMILES string of the molecule is C=COC(=O)[C@H](Cc1ccccc1)NC(=O)OC(=O)Cc1ccccc1. The summed E-state index contributed by atoms with van der Waals surface area (Å²) in [7, 11) is 0. The van der Waals surface area contributed by atoms with Gasteiger partial charge >= 0.3 is 18.0 Å². The highest BCUT2D eigenvalue weighted by molar-refractivity contribution is 5.88. The Kier molecular flexibility index (Phi) is 7.12. The Balaban J connectivity index is 1.95. The van der Waals surface area contributed by atoms with E-state index in [2.05, 4.69) is 11.9 Å². The molecule has 0 bridgehead atoms. The van der Waals surface area contributed by atoms with Gasteiger partial charge in [0.05, 0.1) is 12.7 Å². The molecule has 0 fully saturated rings. The summed E-state index contributed by atoms with van der Waals surface area (Å²) in [6, 6.07) is 17.0. The van der Waals surface area contributed by atoms with Gasteiger partial charge in [-0.3, -0.25) is 4.79 Å². The zero-order valence-electron chi connectivity index (χ0n) is 14.1. The predicted molar refractivity (Wildman–Crippen MR) is 95.0 cm³/mol. The second kappa shape index (κ2) is 9.78. The molecule has 0 aliphatic carbocycles. The first kappa shape index (κ1) is 18.9. The lowest BCUT2D eigenvalue weighted by Gasteiger charge is -2.16. The number of rotatable bonds is 7. The quantitative estimate of drug-likeness (QED) is 0.470. The van der Waals surface area contributed by atoms with E-state index in [-0.39, 0.29) is 12.8 Å². The second-order valence-electron chi connectivity index (χ2n) is 5.41. The third-order valence-electron chi connectivity index (χ3n) is 3.46. The fourth-order valence-corrected chi connectivity index (χ4v) is 2.28. The molecule has 26 heavy (non-hydrogen) atoms. The number of ether oxygens (including phenoxy) is 2. The van der Waals surface area contributed by atoms with E-state index < -0.39 is 24.1 Å². The molecule has 0 heterocycles. The van der Waals surface area contributed by atoms with Crippen molar-refractivity contribution in [1.29, 1.82) is 0 Å². The number of nitrogens with one attached hydrogen (secondary N) is 1. The van der Waals surface area contributed by atoms with Crippen LogP contribution in [0, 0.1) is 0 Å². The van der Waals surface area contributed by atoms with Crippen molar-refractivity contribution < 1.29 is 23.9 Å². The van der Waals surface area contributed by atoms with E-state index >= 15 is 0 Å². The number of carbonyl (C=O) groups excluding carboxylic acids is 3. The van der Waals surface area contributed by atoms with Crippen molar-refractivity contribution >= 4 is 18.0 Å². The summed E-state index contributed by atoms with van der Waals surface area (Å²) in [5, 5.41) is 2.36. The van der Waals surface area contributed by atoms with Gasteiger partial charge in [-0.05, 0) is 11.1 Å². The van der Waals surface area contributed by atoms with Crippen LogP contribution in [-0.4, -0.2) is 24.1 Å². The van der Waals surface area contributed by atoms with Crippen LogP contribution < -0.4 is 5.32 Å². The van der Waals surface area contributed by atoms with E-state index in [0.29, 0.717) is 0 Å². The Morgan fingerprint density at radius 3 is 2.12 bits per heavy atom. The first-order valence-corrected chi connectivity index (χ1v) is 7.99.